The zero-order chi connectivity index (χ0) is 14.9. The zero-order valence-electron chi connectivity index (χ0n) is 11.4. The van der Waals surface area contributed by atoms with E-state index in [0.717, 1.165) is 11.0 Å². The van der Waals surface area contributed by atoms with Crippen LogP contribution in [0, 0.1) is 23.0 Å². The van der Waals surface area contributed by atoms with E-state index in [1.165, 1.54) is 6.07 Å². The first kappa shape index (κ1) is 14.5. The molecule has 0 saturated heterocycles. The minimum atomic E-state index is -0.972. The van der Waals surface area contributed by atoms with Crippen LogP contribution in [0.25, 0.3) is 11.3 Å². The molecule has 0 radical (unpaired) electrons. The van der Waals surface area contributed by atoms with Gasteiger partial charge in [0.2, 0.25) is 0 Å². The van der Waals surface area contributed by atoms with Crippen LogP contribution in [0.5, 0.6) is 0 Å². The van der Waals surface area contributed by atoms with Crippen LogP contribution in [0.2, 0.25) is 0 Å². The first-order valence-corrected chi connectivity index (χ1v) is 8.73. The van der Waals surface area contributed by atoms with Gasteiger partial charge in [-0.1, -0.05) is 0 Å². The van der Waals surface area contributed by atoms with Crippen molar-refractivity contribution in [3.8, 4) is 17.3 Å². The molecule has 0 bridgehead atoms. The van der Waals surface area contributed by atoms with Crippen LogP contribution in [0.3, 0.4) is 0 Å². The summed E-state index contributed by atoms with van der Waals surface area (Å²) in [7, 11) is -0.972. The van der Waals surface area contributed by atoms with E-state index in [1.807, 2.05) is 6.07 Å². The summed E-state index contributed by atoms with van der Waals surface area (Å²) in [4.78, 5) is 5.20. The van der Waals surface area contributed by atoms with Gasteiger partial charge >= 0.3 is 0 Å². The Morgan fingerprint density at radius 2 is 1.85 bits per heavy atom. The second-order valence-corrected chi connectivity index (χ2v) is 9.26. The molecule has 1 aromatic carbocycles. The minimum Gasteiger partial charge on any atom is -0.256 e. The number of rotatable bonds is 2. The molecule has 1 heterocycles. The Hall–Kier alpha value is -1.93. The third-order valence-electron chi connectivity index (χ3n) is 2.92. The molecular weight excluding hydrogens is 278 g/mol. The van der Waals surface area contributed by atoms with E-state index >= 15 is 0 Å². The largest absolute Gasteiger partial charge is 0.256 e. The van der Waals surface area contributed by atoms with Gasteiger partial charge in [-0.05, 0) is 47.9 Å². The lowest BCUT2D eigenvalue weighted by molar-refractivity contribution is 0.579. The van der Waals surface area contributed by atoms with Crippen molar-refractivity contribution >= 4 is 10.0 Å². The van der Waals surface area contributed by atoms with Crippen LogP contribution in [0.15, 0.2) is 35.4 Å². The fraction of sp³-hybridized carbons (Fsp3) is 0.200. The second-order valence-electron chi connectivity index (χ2n) is 5.11. The summed E-state index contributed by atoms with van der Waals surface area (Å²) >= 11 is 0. The van der Waals surface area contributed by atoms with Crippen LogP contribution >= 0.6 is 10.0 Å². The third-order valence-corrected chi connectivity index (χ3v) is 4.59. The SMILES string of the molecule is CS(C)(C)c1ccnc(-c2ccc(F)c(C#N)c2F)c1. The Balaban J connectivity index is 2.62. The lowest BCUT2D eigenvalue weighted by atomic mass is 10.1. The van der Waals surface area contributed by atoms with Crippen molar-refractivity contribution in [2.75, 3.05) is 18.8 Å². The minimum absolute atomic E-state index is 0.147. The van der Waals surface area contributed by atoms with E-state index in [-0.39, 0.29) is 5.56 Å². The third kappa shape index (κ3) is 2.66. The maximum absolute atomic E-state index is 14.2. The van der Waals surface area contributed by atoms with Gasteiger partial charge in [0.15, 0.2) is 5.82 Å². The lowest BCUT2D eigenvalue weighted by Crippen LogP contribution is -1.98. The Morgan fingerprint density at radius 3 is 2.45 bits per heavy atom. The molecule has 5 heteroatoms. The number of halogens is 2. The van der Waals surface area contributed by atoms with Crippen molar-refractivity contribution in [2.24, 2.45) is 0 Å². The lowest BCUT2D eigenvalue weighted by Gasteiger charge is -2.26. The Labute approximate surface area is 118 Å². The molecule has 0 aliphatic rings. The quantitative estimate of drug-likeness (QED) is 0.840. The topological polar surface area (TPSA) is 36.7 Å². The van der Waals surface area contributed by atoms with Gasteiger partial charge in [-0.25, -0.2) is 18.8 Å². The maximum atomic E-state index is 14.2. The Morgan fingerprint density at radius 1 is 1.15 bits per heavy atom. The number of hydrogen-bond acceptors (Lipinski definition) is 2. The fourth-order valence-corrected chi connectivity index (χ4v) is 2.73. The summed E-state index contributed by atoms with van der Waals surface area (Å²) in [6.45, 7) is 0. The number of benzene rings is 1. The zero-order valence-corrected chi connectivity index (χ0v) is 12.3. The number of aromatic nitrogens is 1. The standard InChI is InChI=1S/C15H14F2N2S/c1-20(2,3)10-6-7-19-14(8-10)11-4-5-13(16)12(9-18)15(11)17/h4-8H,1-3H3. The van der Waals surface area contributed by atoms with Crippen molar-refractivity contribution in [3.63, 3.8) is 0 Å². The van der Waals surface area contributed by atoms with Crippen LogP contribution in [0.1, 0.15) is 5.56 Å². The molecule has 0 N–H and O–H groups in total. The van der Waals surface area contributed by atoms with Gasteiger partial charge < -0.3 is 0 Å². The number of hydrogen-bond donors (Lipinski definition) is 0. The van der Waals surface area contributed by atoms with E-state index < -0.39 is 27.2 Å². The molecule has 1 aromatic heterocycles. The molecule has 0 unspecified atom stereocenters. The van der Waals surface area contributed by atoms with E-state index in [2.05, 4.69) is 23.8 Å². The summed E-state index contributed by atoms with van der Waals surface area (Å²) in [6.07, 6.45) is 7.97. The summed E-state index contributed by atoms with van der Waals surface area (Å²) in [6, 6.07) is 7.65. The predicted octanol–water partition coefficient (Wildman–Crippen LogP) is 3.95. The Bertz CT molecular complexity index is 700. The summed E-state index contributed by atoms with van der Waals surface area (Å²) in [5, 5.41) is 8.81. The van der Waals surface area contributed by atoms with Gasteiger partial charge in [0.25, 0.3) is 0 Å². The molecule has 0 amide bonds. The molecule has 2 rings (SSSR count). The van der Waals surface area contributed by atoms with Crippen molar-refractivity contribution in [1.82, 2.24) is 4.98 Å². The normalized spacial score (nSPS) is 12.0. The number of nitrogens with zero attached hydrogens (tertiary/aromatic N) is 2. The second kappa shape index (κ2) is 5.22. The van der Waals surface area contributed by atoms with Gasteiger partial charge in [-0.2, -0.15) is 5.26 Å². The summed E-state index contributed by atoms with van der Waals surface area (Å²) in [5.41, 5.74) is -0.00909. The van der Waals surface area contributed by atoms with Crippen LogP contribution in [-0.4, -0.2) is 23.8 Å². The van der Waals surface area contributed by atoms with Gasteiger partial charge in [0.1, 0.15) is 17.4 Å². The maximum Gasteiger partial charge on any atom is 0.153 e. The Kier molecular flexibility index (Phi) is 3.78. The van der Waals surface area contributed by atoms with Crippen LogP contribution in [-0.2, 0) is 0 Å². The molecule has 2 nitrogen and oxygen atoms in total. The monoisotopic (exact) mass is 292 g/mol. The van der Waals surface area contributed by atoms with Crippen molar-refractivity contribution in [3.05, 3.63) is 47.7 Å². The predicted molar refractivity (Wildman–Crippen MR) is 77.9 cm³/mol. The number of nitriles is 1. The average Bonchev–Trinajstić information content (AvgIpc) is 2.38. The molecule has 0 atom stereocenters. The summed E-state index contributed by atoms with van der Waals surface area (Å²) < 4.78 is 27.5. The first-order chi connectivity index (χ1) is 9.34. The van der Waals surface area contributed by atoms with E-state index in [1.54, 1.807) is 18.3 Å². The highest BCUT2D eigenvalue weighted by atomic mass is 32.3. The average molecular weight is 292 g/mol. The van der Waals surface area contributed by atoms with Crippen molar-refractivity contribution < 1.29 is 8.78 Å². The van der Waals surface area contributed by atoms with E-state index in [0.29, 0.717) is 5.69 Å². The fourth-order valence-electron chi connectivity index (χ4n) is 1.79. The van der Waals surface area contributed by atoms with Gasteiger partial charge in [-0.3, -0.25) is 4.98 Å². The molecule has 0 aliphatic heterocycles. The van der Waals surface area contributed by atoms with Crippen LogP contribution < -0.4 is 0 Å². The molecule has 0 fully saturated rings. The highest BCUT2D eigenvalue weighted by Crippen LogP contribution is 2.45. The number of pyridine rings is 1. The molecule has 20 heavy (non-hydrogen) atoms. The highest BCUT2D eigenvalue weighted by molar-refractivity contribution is 8.32. The summed E-state index contributed by atoms with van der Waals surface area (Å²) in [5.74, 6) is -1.72. The van der Waals surface area contributed by atoms with E-state index in [4.69, 9.17) is 5.26 Å². The van der Waals surface area contributed by atoms with Crippen molar-refractivity contribution in [2.45, 2.75) is 4.90 Å². The van der Waals surface area contributed by atoms with Gasteiger partial charge in [0.05, 0.1) is 5.69 Å². The van der Waals surface area contributed by atoms with Crippen LogP contribution in [0.4, 0.5) is 8.78 Å². The molecule has 0 aliphatic carbocycles. The molecule has 2 aromatic rings. The highest BCUT2D eigenvalue weighted by Gasteiger charge is 2.17. The molecule has 0 saturated carbocycles. The molecule has 0 spiro atoms. The van der Waals surface area contributed by atoms with Gasteiger partial charge in [-0.15, -0.1) is 0 Å². The molecule has 104 valence electrons. The van der Waals surface area contributed by atoms with Gasteiger partial charge in [0, 0.05) is 11.8 Å². The smallest absolute Gasteiger partial charge is 0.153 e. The molecular formula is C15H14F2N2S. The van der Waals surface area contributed by atoms with Crippen molar-refractivity contribution in [1.29, 1.82) is 5.26 Å². The first-order valence-electron chi connectivity index (χ1n) is 5.87. The van der Waals surface area contributed by atoms with E-state index in [9.17, 15) is 8.78 Å².